The molecule has 4 atom stereocenters. The molecule has 0 aromatic carbocycles. The van der Waals surface area contributed by atoms with E-state index in [1.807, 2.05) is 6.92 Å². The van der Waals surface area contributed by atoms with E-state index in [9.17, 15) is 4.79 Å². The third-order valence-electron chi connectivity index (χ3n) is 7.82. The van der Waals surface area contributed by atoms with Crippen molar-refractivity contribution in [3.63, 3.8) is 0 Å². The van der Waals surface area contributed by atoms with Gasteiger partial charge in [-0.25, -0.2) is 0 Å². The number of hydrogen-bond acceptors (Lipinski definition) is 4. The summed E-state index contributed by atoms with van der Waals surface area (Å²) in [6.45, 7) is 12.3. The van der Waals surface area contributed by atoms with Gasteiger partial charge in [0.1, 0.15) is 0 Å². The van der Waals surface area contributed by atoms with Crippen molar-refractivity contribution in [2.75, 3.05) is 13.2 Å². The minimum absolute atomic E-state index is 0.0941. The number of allylic oxidation sites excluding steroid dienone is 2. The molecule has 158 valence electrons. The summed E-state index contributed by atoms with van der Waals surface area (Å²) in [6, 6.07) is 0. The topological polar surface area (TPSA) is 44.8 Å². The molecule has 4 rings (SSSR count). The molecule has 2 saturated carbocycles. The van der Waals surface area contributed by atoms with Gasteiger partial charge in [0, 0.05) is 12.8 Å². The fourth-order valence-electron chi connectivity index (χ4n) is 6.41. The first kappa shape index (κ1) is 20.6. The molecule has 4 heteroatoms. The highest BCUT2D eigenvalue weighted by Gasteiger charge is 2.55. The third-order valence-corrected chi connectivity index (χ3v) is 7.82. The van der Waals surface area contributed by atoms with Crippen LogP contribution in [0.3, 0.4) is 0 Å². The lowest BCUT2D eigenvalue weighted by Crippen LogP contribution is -2.45. The Balaban J connectivity index is 1.54. The van der Waals surface area contributed by atoms with Crippen LogP contribution in [0, 0.1) is 17.3 Å². The first-order valence-electron chi connectivity index (χ1n) is 11.3. The molecular formula is C24H38O4. The average molecular weight is 391 g/mol. The highest BCUT2D eigenvalue weighted by molar-refractivity contribution is 5.97. The van der Waals surface area contributed by atoms with Gasteiger partial charge in [0.2, 0.25) is 0 Å². The predicted molar refractivity (Wildman–Crippen MR) is 109 cm³/mol. The van der Waals surface area contributed by atoms with Crippen molar-refractivity contribution in [2.24, 2.45) is 17.3 Å². The molecule has 3 unspecified atom stereocenters. The van der Waals surface area contributed by atoms with E-state index in [2.05, 4.69) is 27.7 Å². The van der Waals surface area contributed by atoms with E-state index < -0.39 is 5.79 Å². The Hall–Kier alpha value is -0.710. The molecule has 1 heterocycles. The van der Waals surface area contributed by atoms with E-state index in [1.54, 1.807) is 0 Å². The summed E-state index contributed by atoms with van der Waals surface area (Å²) < 4.78 is 18.1. The molecule has 4 nitrogen and oxygen atoms in total. The van der Waals surface area contributed by atoms with E-state index in [-0.39, 0.29) is 11.0 Å². The normalized spacial score (nSPS) is 37.9. The molecule has 0 radical (unpaired) electrons. The van der Waals surface area contributed by atoms with Gasteiger partial charge in [0.15, 0.2) is 11.6 Å². The van der Waals surface area contributed by atoms with Gasteiger partial charge in [-0.15, -0.1) is 0 Å². The number of carbonyl (C=O) groups excluding carboxylic acids is 1. The summed E-state index contributed by atoms with van der Waals surface area (Å²) in [5.74, 6) is 1.08. The standard InChI is InChI=1S/C24H38O4/c1-22(2,3)28-21-9-7-19-17-6-8-20(25)18(16(17)10-12-23(19,21)4)11-13-24(5)26-14-15-27-24/h17,19,21H,6-15H2,1-5H3/t17?,19?,21-,23?/m1/s1. The van der Waals surface area contributed by atoms with E-state index >= 15 is 0 Å². The number of fused-ring (bicyclic) bond motifs is 3. The van der Waals surface area contributed by atoms with Crippen molar-refractivity contribution in [1.82, 2.24) is 0 Å². The number of ketones is 1. The Morgan fingerprint density at radius 1 is 1.07 bits per heavy atom. The second kappa shape index (κ2) is 7.21. The summed E-state index contributed by atoms with van der Waals surface area (Å²) >= 11 is 0. The molecule has 0 aromatic heterocycles. The zero-order valence-corrected chi connectivity index (χ0v) is 18.4. The van der Waals surface area contributed by atoms with E-state index in [4.69, 9.17) is 14.2 Å². The Kier molecular flexibility index (Phi) is 5.29. The number of rotatable bonds is 4. The van der Waals surface area contributed by atoms with Crippen LogP contribution in [0.2, 0.25) is 0 Å². The van der Waals surface area contributed by atoms with E-state index in [1.165, 1.54) is 12.0 Å². The van der Waals surface area contributed by atoms with Crippen LogP contribution in [0.4, 0.5) is 0 Å². The molecule has 4 aliphatic rings. The molecular weight excluding hydrogens is 352 g/mol. The van der Waals surface area contributed by atoms with Gasteiger partial charge in [-0.2, -0.15) is 0 Å². The zero-order chi connectivity index (χ0) is 20.2. The minimum Gasteiger partial charge on any atom is -0.372 e. The minimum atomic E-state index is -0.511. The molecule has 3 aliphatic carbocycles. The van der Waals surface area contributed by atoms with Crippen LogP contribution in [0.15, 0.2) is 11.1 Å². The van der Waals surface area contributed by atoms with Crippen LogP contribution in [0.5, 0.6) is 0 Å². The third kappa shape index (κ3) is 3.73. The Bertz CT molecular complexity index is 652. The van der Waals surface area contributed by atoms with Gasteiger partial charge >= 0.3 is 0 Å². The summed E-state index contributed by atoms with van der Waals surface area (Å²) in [5, 5.41) is 0. The van der Waals surface area contributed by atoms with Crippen LogP contribution in [0.25, 0.3) is 0 Å². The quantitative estimate of drug-likeness (QED) is 0.662. The lowest BCUT2D eigenvalue weighted by Gasteiger charge is -2.49. The maximum absolute atomic E-state index is 12.8. The van der Waals surface area contributed by atoms with Crippen molar-refractivity contribution in [1.29, 1.82) is 0 Å². The molecule has 0 amide bonds. The fourth-order valence-corrected chi connectivity index (χ4v) is 6.41. The maximum atomic E-state index is 12.8. The van der Waals surface area contributed by atoms with E-state index in [0.717, 1.165) is 44.1 Å². The SMILES string of the molecule is CC(C)(C)O[C@@H]1CCC2C3CCC(=O)C(CCC4(C)OCCO4)=C3CCC21C. The molecule has 0 N–H and O–H groups in total. The van der Waals surface area contributed by atoms with Gasteiger partial charge < -0.3 is 14.2 Å². The number of ether oxygens (including phenoxy) is 3. The molecule has 1 saturated heterocycles. The highest BCUT2D eigenvalue weighted by atomic mass is 16.7. The number of Topliss-reactive ketones (excluding diaryl/α,β-unsaturated/α-hetero) is 1. The lowest BCUT2D eigenvalue weighted by atomic mass is 9.58. The summed E-state index contributed by atoms with van der Waals surface area (Å²) in [5.41, 5.74) is 2.73. The van der Waals surface area contributed by atoms with Crippen molar-refractivity contribution in [2.45, 2.75) is 103 Å². The second-order valence-corrected chi connectivity index (χ2v) is 10.8. The predicted octanol–water partition coefficient (Wildman–Crippen LogP) is 5.20. The molecule has 3 fully saturated rings. The first-order chi connectivity index (χ1) is 13.1. The van der Waals surface area contributed by atoms with Crippen LogP contribution in [0.1, 0.15) is 86.0 Å². The summed E-state index contributed by atoms with van der Waals surface area (Å²) in [6.07, 6.45) is 8.26. The summed E-state index contributed by atoms with van der Waals surface area (Å²) in [7, 11) is 0. The summed E-state index contributed by atoms with van der Waals surface area (Å²) in [4.78, 5) is 12.8. The Morgan fingerprint density at radius 3 is 2.46 bits per heavy atom. The second-order valence-electron chi connectivity index (χ2n) is 10.8. The monoisotopic (exact) mass is 390 g/mol. The largest absolute Gasteiger partial charge is 0.372 e. The fraction of sp³-hybridized carbons (Fsp3) is 0.875. The Labute approximate surface area is 170 Å². The Morgan fingerprint density at radius 2 is 1.79 bits per heavy atom. The molecule has 1 aliphatic heterocycles. The van der Waals surface area contributed by atoms with Gasteiger partial charge in [0.25, 0.3) is 0 Å². The van der Waals surface area contributed by atoms with Crippen LogP contribution in [-0.2, 0) is 19.0 Å². The smallest absolute Gasteiger partial charge is 0.166 e. The molecule has 28 heavy (non-hydrogen) atoms. The van der Waals surface area contributed by atoms with Crippen molar-refractivity contribution < 1.29 is 19.0 Å². The van der Waals surface area contributed by atoms with E-state index in [0.29, 0.717) is 43.4 Å². The number of carbonyl (C=O) groups is 1. The highest BCUT2D eigenvalue weighted by Crippen LogP contribution is 2.60. The van der Waals surface area contributed by atoms with Crippen LogP contribution < -0.4 is 0 Å². The maximum Gasteiger partial charge on any atom is 0.166 e. The van der Waals surface area contributed by atoms with Gasteiger partial charge in [0.05, 0.1) is 24.9 Å². The van der Waals surface area contributed by atoms with Crippen LogP contribution >= 0.6 is 0 Å². The average Bonchev–Trinajstić information content (AvgIpc) is 3.17. The van der Waals surface area contributed by atoms with Gasteiger partial charge in [-0.05, 0) is 89.0 Å². The van der Waals surface area contributed by atoms with Crippen molar-refractivity contribution in [3.8, 4) is 0 Å². The van der Waals surface area contributed by atoms with Crippen molar-refractivity contribution >= 4 is 5.78 Å². The first-order valence-corrected chi connectivity index (χ1v) is 11.3. The van der Waals surface area contributed by atoms with Crippen molar-refractivity contribution in [3.05, 3.63) is 11.1 Å². The molecule has 0 bridgehead atoms. The van der Waals surface area contributed by atoms with Gasteiger partial charge in [-0.1, -0.05) is 12.5 Å². The molecule has 0 spiro atoms. The molecule has 0 aromatic rings. The van der Waals surface area contributed by atoms with Gasteiger partial charge in [-0.3, -0.25) is 4.79 Å². The number of hydrogen-bond donors (Lipinski definition) is 0. The zero-order valence-electron chi connectivity index (χ0n) is 18.4. The lowest BCUT2D eigenvalue weighted by molar-refractivity contribution is -0.146. The van der Waals surface area contributed by atoms with Crippen LogP contribution in [-0.4, -0.2) is 36.5 Å².